The second-order valence-corrected chi connectivity index (χ2v) is 10.4. The first kappa shape index (κ1) is 23.9. The first-order valence-electron chi connectivity index (χ1n) is 10.5. The third-order valence-electron chi connectivity index (χ3n) is 5.41. The second kappa shape index (κ2) is 10.3. The lowest BCUT2D eigenvalue weighted by Crippen LogP contribution is -2.36. The molecule has 33 heavy (non-hydrogen) atoms. The Labute approximate surface area is 203 Å². The van der Waals surface area contributed by atoms with Crippen molar-refractivity contribution in [3.8, 4) is 5.75 Å². The van der Waals surface area contributed by atoms with Crippen molar-refractivity contribution in [1.82, 2.24) is 5.32 Å². The van der Waals surface area contributed by atoms with Crippen LogP contribution in [0.25, 0.3) is 0 Å². The molecule has 0 radical (unpaired) electrons. The molecular formula is C24H24Cl2N2O4S. The van der Waals surface area contributed by atoms with Gasteiger partial charge in [-0.3, -0.25) is 4.72 Å². The molecule has 1 heterocycles. The van der Waals surface area contributed by atoms with E-state index in [1.165, 1.54) is 12.1 Å². The molecule has 2 unspecified atom stereocenters. The van der Waals surface area contributed by atoms with Gasteiger partial charge < -0.3 is 15.2 Å². The SMILES string of the molecule is O=S(=O)(Nc1ccc2c(c1)CCC(CNCC(O)c1cccc(Cl)c1)O2)c1ccc(Cl)cc1. The molecule has 4 rings (SSSR count). The Morgan fingerprint density at radius 1 is 1.03 bits per heavy atom. The molecule has 0 saturated carbocycles. The third-order valence-corrected chi connectivity index (χ3v) is 7.29. The van der Waals surface area contributed by atoms with Crippen molar-refractivity contribution < 1.29 is 18.3 Å². The predicted octanol–water partition coefficient (Wildman–Crippen LogP) is 4.81. The average molecular weight is 507 g/mol. The average Bonchev–Trinajstić information content (AvgIpc) is 2.79. The van der Waals surface area contributed by atoms with E-state index in [0.717, 1.165) is 29.7 Å². The summed E-state index contributed by atoms with van der Waals surface area (Å²) in [6, 6.07) is 18.4. The van der Waals surface area contributed by atoms with Gasteiger partial charge in [-0.15, -0.1) is 0 Å². The van der Waals surface area contributed by atoms with Crippen molar-refractivity contribution in [2.45, 2.75) is 29.9 Å². The van der Waals surface area contributed by atoms with E-state index in [0.29, 0.717) is 28.8 Å². The smallest absolute Gasteiger partial charge is 0.261 e. The third kappa shape index (κ3) is 6.19. The first-order valence-corrected chi connectivity index (χ1v) is 12.8. The molecule has 1 aliphatic rings. The summed E-state index contributed by atoms with van der Waals surface area (Å²) in [5.41, 5.74) is 2.19. The molecule has 3 aromatic rings. The molecule has 1 aliphatic heterocycles. The van der Waals surface area contributed by atoms with Crippen molar-refractivity contribution in [2.24, 2.45) is 0 Å². The number of aryl methyl sites for hydroxylation is 1. The van der Waals surface area contributed by atoms with E-state index in [2.05, 4.69) is 10.0 Å². The predicted molar refractivity (Wildman–Crippen MR) is 131 cm³/mol. The van der Waals surface area contributed by atoms with Crippen LogP contribution in [0, 0.1) is 0 Å². The number of sulfonamides is 1. The number of aliphatic hydroxyl groups excluding tert-OH is 1. The number of aliphatic hydroxyl groups is 1. The summed E-state index contributed by atoms with van der Waals surface area (Å²) in [5.74, 6) is 0.734. The summed E-state index contributed by atoms with van der Waals surface area (Å²) in [4.78, 5) is 0.145. The molecule has 0 bridgehead atoms. The summed E-state index contributed by atoms with van der Waals surface area (Å²) in [6.07, 6.45) is 0.840. The van der Waals surface area contributed by atoms with Gasteiger partial charge in [0.1, 0.15) is 11.9 Å². The minimum atomic E-state index is -3.70. The lowest BCUT2D eigenvalue weighted by atomic mass is 10.0. The van der Waals surface area contributed by atoms with Gasteiger partial charge >= 0.3 is 0 Å². The van der Waals surface area contributed by atoms with Crippen LogP contribution in [0.2, 0.25) is 10.0 Å². The van der Waals surface area contributed by atoms with E-state index in [9.17, 15) is 13.5 Å². The highest BCUT2D eigenvalue weighted by Crippen LogP contribution is 2.31. The molecule has 0 aliphatic carbocycles. The van der Waals surface area contributed by atoms with Crippen molar-refractivity contribution in [3.05, 3.63) is 87.9 Å². The molecule has 0 aromatic heterocycles. The number of benzene rings is 3. The van der Waals surface area contributed by atoms with E-state index < -0.39 is 16.1 Å². The number of halogens is 2. The number of anilines is 1. The van der Waals surface area contributed by atoms with Crippen molar-refractivity contribution >= 4 is 38.9 Å². The molecule has 3 N–H and O–H groups in total. The zero-order valence-corrected chi connectivity index (χ0v) is 20.0. The van der Waals surface area contributed by atoms with Crippen LogP contribution in [-0.2, 0) is 16.4 Å². The van der Waals surface area contributed by atoms with Gasteiger partial charge in [-0.25, -0.2) is 8.42 Å². The van der Waals surface area contributed by atoms with Crippen molar-refractivity contribution in [3.63, 3.8) is 0 Å². The summed E-state index contributed by atoms with van der Waals surface area (Å²) >= 11 is 11.8. The van der Waals surface area contributed by atoms with Crippen LogP contribution in [0.1, 0.15) is 23.7 Å². The zero-order chi connectivity index (χ0) is 23.4. The van der Waals surface area contributed by atoms with Crippen molar-refractivity contribution in [2.75, 3.05) is 17.8 Å². The van der Waals surface area contributed by atoms with Gasteiger partial charge in [0.25, 0.3) is 10.0 Å². The lowest BCUT2D eigenvalue weighted by molar-refractivity contribution is 0.146. The monoisotopic (exact) mass is 506 g/mol. The molecule has 0 amide bonds. The number of hydrogen-bond donors (Lipinski definition) is 3. The Kier molecular flexibility index (Phi) is 7.46. The van der Waals surface area contributed by atoms with E-state index in [1.807, 2.05) is 12.1 Å². The minimum absolute atomic E-state index is 0.0410. The summed E-state index contributed by atoms with van der Waals surface area (Å²) in [6.45, 7) is 0.973. The van der Waals surface area contributed by atoms with E-state index in [1.54, 1.807) is 42.5 Å². The fraction of sp³-hybridized carbons (Fsp3) is 0.250. The molecule has 6 nitrogen and oxygen atoms in total. The van der Waals surface area contributed by atoms with Crippen LogP contribution >= 0.6 is 23.2 Å². The highest BCUT2D eigenvalue weighted by Gasteiger charge is 2.21. The molecule has 0 saturated heterocycles. The van der Waals surface area contributed by atoms with Crippen LogP contribution in [0.4, 0.5) is 5.69 Å². The van der Waals surface area contributed by atoms with Crippen LogP contribution in [-0.4, -0.2) is 32.7 Å². The van der Waals surface area contributed by atoms with E-state index in [4.69, 9.17) is 27.9 Å². The quantitative estimate of drug-likeness (QED) is 0.407. The zero-order valence-electron chi connectivity index (χ0n) is 17.7. The summed E-state index contributed by atoms with van der Waals surface area (Å²) in [5, 5.41) is 14.6. The van der Waals surface area contributed by atoms with Crippen LogP contribution in [0.5, 0.6) is 5.75 Å². The molecule has 2 atom stereocenters. The minimum Gasteiger partial charge on any atom is -0.489 e. The Bertz CT molecular complexity index is 1220. The fourth-order valence-corrected chi connectivity index (χ4v) is 5.07. The Balaban J connectivity index is 1.32. The Morgan fingerprint density at radius 2 is 1.82 bits per heavy atom. The molecular weight excluding hydrogens is 483 g/mol. The standard InChI is InChI=1S/C24H24Cl2N2O4S/c25-18-5-9-22(10-6-18)33(30,31)28-20-7-11-24-17(13-20)4-8-21(32-24)14-27-15-23(29)16-2-1-3-19(26)12-16/h1-3,5-7,9-13,21,23,27-29H,4,8,14-15H2. The highest BCUT2D eigenvalue weighted by atomic mass is 35.5. The number of fused-ring (bicyclic) bond motifs is 1. The Morgan fingerprint density at radius 3 is 2.58 bits per heavy atom. The second-order valence-electron chi connectivity index (χ2n) is 7.89. The van der Waals surface area contributed by atoms with Crippen LogP contribution in [0.15, 0.2) is 71.6 Å². The van der Waals surface area contributed by atoms with Crippen molar-refractivity contribution in [1.29, 1.82) is 0 Å². The normalized spacial score (nSPS) is 16.5. The highest BCUT2D eigenvalue weighted by molar-refractivity contribution is 7.92. The van der Waals surface area contributed by atoms with Gasteiger partial charge in [-0.2, -0.15) is 0 Å². The van der Waals surface area contributed by atoms with Crippen LogP contribution in [0.3, 0.4) is 0 Å². The maximum atomic E-state index is 12.6. The number of hydrogen-bond acceptors (Lipinski definition) is 5. The number of nitrogens with one attached hydrogen (secondary N) is 2. The van der Waals surface area contributed by atoms with E-state index >= 15 is 0 Å². The number of rotatable bonds is 8. The Hall–Kier alpha value is -2.29. The summed E-state index contributed by atoms with van der Waals surface area (Å²) < 4.78 is 33.9. The van der Waals surface area contributed by atoms with Gasteiger partial charge in [0, 0.05) is 28.8 Å². The summed E-state index contributed by atoms with van der Waals surface area (Å²) in [7, 11) is -3.70. The maximum Gasteiger partial charge on any atom is 0.261 e. The van der Waals surface area contributed by atoms with Gasteiger partial charge in [0.05, 0.1) is 11.0 Å². The van der Waals surface area contributed by atoms with Gasteiger partial charge in [-0.05, 0) is 78.6 Å². The van der Waals surface area contributed by atoms with E-state index in [-0.39, 0.29) is 11.0 Å². The van der Waals surface area contributed by atoms with Gasteiger partial charge in [0.2, 0.25) is 0 Å². The molecule has 9 heteroatoms. The molecule has 3 aromatic carbocycles. The molecule has 0 fully saturated rings. The lowest BCUT2D eigenvalue weighted by Gasteiger charge is -2.27. The van der Waals surface area contributed by atoms with Gasteiger partial charge in [-0.1, -0.05) is 35.3 Å². The molecule has 174 valence electrons. The largest absolute Gasteiger partial charge is 0.489 e. The molecule has 0 spiro atoms. The fourth-order valence-electron chi connectivity index (χ4n) is 3.69. The first-order chi connectivity index (χ1) is 15.8. The van der Waals surface area contributed by atoms with Crippen LogP contribution < -0.4 is 14.8 Å². The maximum absolute atomic E-state index is 12.6. The topological polar surface area (TPSA) is 87.7 Å². The van der Waals surface area contributed by atoms with Gasteiger partial charge in [0.15, 0.2) is 0 Å². The number of ether oxygens (including phenoxy) is 1.